The van der Waals surface area contributed by atoms with Gasteiger partial charge in [0.2, 0.25) is 0 Å². The van der Waals surface area contributed by atoms with Crippen LogP contribution >= 0.6 is 0 Å². The van der Waals surface area contributed by atoms with Crippen molar-refractivity contribution in [2.45, 2.75) is 57.5 Å². The minimum Gasteiger partial charge on any atom is -0.378 e. The number of nitrogens with zero attached hydrogens (tertiary/aromatic N) is 1. The minimum absolute atomic E-state index is 0.722. The van der Waals surface area contributed by atoms with Crippen molar-refractivity contribution in [1.29, 1.82) is 0 Å². The third-order valence-electron chi connectivity index (χ3n) is 3.52. The van der Waals surface area contributed by atoms with Gasteiger partial charge in [-0.25, -0.2) is 0 Å². The highest BCUT2D eigenvalue weighted by molar-refractivity contribution is 5.12. The van der Waals surface area contributed by atoms with Crippen LogP contribution in [-0.4, -0.2) is 36.2 Å². The standard InChI is InChI=1S/C15H27NO/c1-15(17,11-7-13-16(2)3)12-10-14-8-5-4-6-9-14/h14,17H,4-6,8-10,12-13H2,1-3H3/t15-/m0/s1. The van der Waals surface area contributed by atoms with Gasteiger partial charge in [0.1, 0.15) is 5.60 Å². The quantitative estimate of drug-likeness (QED) is 0.760. The molecule has 0 aromatic heterocycles. The number of hydrogen-bond donors (Lipinski definition) is 1. The lowest BCUT2D eigenvalue weighted by Crippen LogP contribution is -2.24. The van der Waals surface area contributed by atoms with Crippen LogP contribution in [0.3, 0.4) is 0 Å². The zero-order valence-corrected chi connectivity index (χ0v) is 11.6. The molecule has 0 radical (unpaired) electrons. The van der Waals surface area contributed by atoms with Crippen molar-refractivity contribution in [3.05, 3.63) is 0 Å². The normalized spacial score (nSPS) is 20.8. The van der Waals surface area contributed by atoms with Gasteiger partial charge in [-0.2, -0.15) is 0 Å². The van der Waals surface area contributed by atoms with Crippen LogP contribution in [0.1, 0.15) is 51.9 Å². The molecule has 0 aromatic rings. The molecule has 1 fully saturated rings. The van der Waals surface area contributed by atoms with Gasteiger partial charge in [-0.1, -0.05) is 43.9 Å². The molecule has 1 rings (SSSR count). The van der Waals surface area contributed by atoms with Crippen LogP contribution < -0.4 is 0 Å². The second-order valence-corrected chi connectivity index (χ2v) is 5.86. The van der Waals surface area contributed by atoms with E-state index >= 15 is 0 Å². The Balaban J connectivity index is 2.29. The molecule has 0 saturated heterocycles. The lowest BCUT2D eigenvalue weighted by molar-refractivity contribution is 0.0999. The Kier molecular flexibility index (Phi) is 6.02. The van der Waals surface area contributed by atoms with E-state index in [1.165, 1.54) is 32.1 Å². The van der Waals surface area contributed by atoms with Crippen molar-refractivity contribution in [2.75, 3.05) is 20.6 Å². The number of aliphatic hydroxyl groups is 1. The average molecular weight is 237 g/mol. The molecule has 0 unspecified atom stereocenters. The van der Waals surface area contributed by atoms with Crippen LogP contribution in [0.5, 0.6) is 0 Å². The molecule has 0 aliphatic heterocycles. The Hall–Kier alpha value is -0.520. The molecule has 0 heterocycles. The molecular weight excluding hydrogens is 210 g/mol. The summed E-state index contributed by atoms with van der Waals surface area (Å²) < 4.78 is 0. The Bertz CT molecular complexity index is 266. The van der Waals surface area contributed by atoms with E-state index < -0.39 is 5.60 Å². The molecule has 0 aromatic carbocycles. The van der Waals surface area contributed by atoms with Crippen molar-refractivity contribution in [3.63, 3.8) is 0 Å². The fraction of sp³-hybridized carbons (Fsp3) is 0.867. The van der Waals surface area contributed by atoms with Crippen molar-refractivity contribution in [1.82, 2.24) is 4.90 Å². The summed E-state index contributed by atoms with van der Waals surface area (Å²) in [6.07, 6.45) is 8.79. The molecule has 98 valence electrons. The topological polar surface area (TPSA) is 23.5 Å². The fourth-order valence-electron chi connectivity index (χ4n) is 2.41. The predicted octanol–water partition coefficient (Wildman–Crippen LogP) is 2.66. The highest BCUT2D eigenvalue weighted by Crippen LogP contribution is 2.29. The summed E-state index contributed by atoms with van der Waals surface area (Å²) >= 11 is 0. The van der Waals surface area contributed by atoms with Crippen molar-refractivity contribution in [2.24, 2.45) is 5.92 Å². The third kappa shape index (κ3) is 6.71. The van der Waals surface area contributed by atoms with E-state index in [1.54, 1.807) is 0 Å². The van der Waals surface area contributed by atoms with E-state index in [1.807, 2.05) is 25.9 Å². The molecule has 1 aliphatic carbocycles. The molecule has 0 bridgehead atoms. The van der Waals surface area contributed by atoms with Gasteiger partial charge in [-0.15, -0.1) is 0 Å². The Morgan fingerprint density at radius 3 is 2.47 bits per heavy atom. The highest BCUT2D eigenvalue weighted by Gasteiger charge is 2.20. The molecule has 0 spiro atoms. The van der Waals surface area contributed by atoms with Crippen LogP contribution in [-0.2, 0) is 0 Å². The van der Waals surface area contributed by atoms with Crippen LogP contribution in [0, 0.1) is 17.8 Å². The summed E-state index contributed by atoms with van der Waals surface area (Å²) in [7, 11) is 3.98. The first-order valence-electron chi connectivity index (χ1n) is 6.87. The Morgan fingerprint density at radius 2 is 1.88 bits per heavy atom. The molecule has 17 heavy (non-hydrogen) atoms. The largest absolute Gasteiger partial charge is 0.378 e. The van der Waals surface area contributed by atoms with Gasteiger partial charge in [0, 0.05) is 0 Å². The SMILES string of the molecule is CN(C)CC#C[C@](C)(O)CCC1CCCCC1. The van der Waals surface area contributed by atoms with Crippen LogP contribution in [0.25, 0.3) is 0 Å². The van der Waals surface area contributed by atoms with Crippen LogP contribution in [0.4, 0.5) is 0 Å². The predicted molar refractivity (Wildman–Crippen MR) is 72.8 cm³/mol. The van der Waals surface area contributed by atoms with Gasteiger partial charge in [0.05, 0.1) is 6.54 Å². The van der Waals surface area contributed by atoms with E-state index in [4.69, 9.17) is 0 Å². The second-order valence-electron chi connectivity index (χ2n) is 5.86. The van der Waals surface area contributed by atoms with E-state index in [0.29, 0.717) is 0 Å². The first-order valence-corrected chi connectivity index (χ1v) is 6.87. The average Bonchev–Trinajstić information content (AvgIpc) is 2.27. The Morgan fingerprint density at radius 1 is 1.24 bits per heavy atom. The zero-order chi connectivity index (χ0) is 12.7. The summed E-state index contributed by atoms with van der Waals surface area (Å²) in [4.78, 5) is 2.02. The minimum atomic E-state index is -0.798. The zero-order valence-electron chi connectivity index (χ0n) is 11.6. The van der Waals surface area contributed by atoms with Crippen molar-refractivity contribution < 1.29 is 5.11 Å². The maximum atomic E-state index is 10.2. The Labute approximate surface area is 106 Å². The van der Waals surface area contributed by atoms with E-state index in [-0.39, 0.29) is 0 Å². The third-order valence-corrected chi connectivity index (χ3v) is 3.52. The maximum absolute atomic E-state index is 10.2. The summed E-state index contributed by atoms with van der Waals surface area (Å²) in [6, 6.07) is 0. The molecule has 2 heteroatoms. The highest BCUT2D eigenvalue weighted by atomic mass is 16.3. The van der Waals surface area contributed by atoms with Gasteiger partial charge in [0.15, 0.2) is 0 Å². The first-order chi connectivity index (χ1) is 7.99. The summed E-state index contributed by atoms with van der Waals surface area (Å²) in [5.41, 5.74) is -0.798. The second kappa shape index (κ2) is 7.03. The van der Waals surface area contributed by atoms with E-state index in [0.717, 1.165) is 25.3 Å². The molecule has 1 atom stereocenters. The van der Waals surface area contributed by atoms with E-state index in [2.05, 4.69) is 11.8 Å². The molecule has 1 N–H and O–H groups in total. The van der Waals surface area contributed by atoms with Crippen LogP contribution in [0.2, 0.25) is 0 Å². The molecule has 0 amide bonds. The lowest BCUT2D eigenvalue weighted by atomic mass is 9.83. The smallest absolute Gasteiger partial charge is 0.122 e. The fourth-order valence-corrected chi connectivity index (χ4v) is 2.41. The summed E-state index contributed by atoms with van der Waals surface area (Å²) in [5, 5.41) is 10.2. The first kappa shape index (κ1) is 14.5. The summed E-state index contributed by atoms with van der Waals surface area (Å²) in [6.45, 7) is 2.57. The molecule has 1 saturated carbocycles. The molecular formula is C15H27NO. The number of hydrogen-bond acceptors (Lipinski definition) is 2. The number of rotatable bonds is 4. The molecule has 2 nitrogen and oxygen atoms in total. The van der Waals surface area contributed by atoms with Gasteiger partial charge >= 0.3 is 0 Å². The molecule has 1 aliphatic rings. The monoisotopic (exact) mass is 237 g/mol. The van der Waals surface area contributed by atoms with E-state index in [9.17, 15) is 5.11 Å². The maximum Gasteiger partial charge on any atom is 0.122 e. The van der Waals surface area contributed by atoms with Gasteiger partial charge in [-0.3, -0.25) is 4.90 Å². The van der Waals surface area contributed by atoms with Gasteiger partial charge in [-0.05, 0) is 39.8 Å². The van der Waals surface area contributed by atoms with Gasteiger partial charge in [0.25, 0.3) is 0 Å². The van der Waals surface area contributed by atoms with Crippen molar-refractivity contribution in [3.8, 4) is 11.8 Å². The van der Waals surface area contributed by atoms with Crippen molar-refractivity contribution >= 4 is 0 Å². The van der Waals surface area contributed by atoms with Crippen LogP contribution in [0.15, 0.2) is 0 Å². The lowest BCUT2D eigenvalue weighted by Gasteiger charge is -2.24. The summed E-state index contributed by atoms with van der Waals surface area (Å²) in [5.74, 6) is 6.86. The van der Waals surface area contributed by atoms with Gasteiger partial charge < -0.3 is 5.11 Å².